The summed E-state index contributed by atoms with van der Waals surface area (Å²) in [6.45, 7) is 6.29. The zero-order chi connectivity index (χ0) is 15.0. The van der Waals surface area contributed by atoms with Crippen molar-refractivity contribution in [3.8, 4) is 0 Å². The van der Waals surface area contributed by atoms with Gasteiger partial charge in [-0.25, -0.2) is 13.4 Å². The molecule has 0 atom stereocenters. The number of unbranched alkanes of at least 4 members (excludes halogenated alkanes) is 1. The van der Waals surface area contributed by atoms with Crippen molar-refractivity contribution in [2.45, 2.75) is 39.7 Å². The second-order valence-electron chi connectivity index (χ2n) is 4.89. The molecule has 5 nitrogen and oxygen atoms in total. The minimum atomic E-state index is -3.17. The van der Waals surface area contributed by atoms with Gasteiger partial charge in [0.05, 0.1) is 23.0 Å². The van der Waals surface area contributed by atoms with E-state index in [0.29, 0.717) is 13.0 Å². The van der Waals surface area contributed by atoms with Crippen molar-refractivity contribution in [3.05, 3.63) is 16.1 Å². The van der Waals surface area contributed by atoms with Crippen LogP contribution in [0.3, 0.4) is 0 Å². The zero-order valence-corrected chi connectivity index (χ0v) is 14.2. The maximum absolute atomic E-state index is 12.1. The van der Waals surface area contributed by atoms with Gasteiger partial charge in [0.25, 0.3) is 0 Å². The van der Waals surface area contributed by atoms with Gasteiger partial charge in [0.2, 0.25) is 10.0 Å². The summed E-state index contributed by atoms with van der Waals surface area (Å²) in [5.74, 6) is 0.209. The van der Waals surface area contributed by atoms with Gasteiger partial charge in [0.1, 0.15) is 0 Å². The van der Waals surface area contributed by atoms with Crippen molar-refractivity contribution < 1.29 is 8.42 Å². The van der Waals surface area contributed by atoms with Gasteiger partial charge in [0, 0.05) is 12.4 Å². The summed E-state index contributed by atoms with van der Waals surface area (Å²) in [5, 5.41) is 6.15. The molecule has 1 aromatic rings. The van der Waals surface area contributed by atoms with Gasteiger partial charge < -0.3 is 5.32 Å². The van der Waals surface area contributed by atoms with Crippen LogP contribution in [-0.4, -0.2) is 43.6 Å². The molecular weight excluding hydrogens is 294 g/mol. The number of hydrogen-bond donors (Lipinski definition) is 1. The number of rotatable bonds is 10. The van der Waals surface area contributed by atoms with Gasteiger partial charge in [-0.3, -0.25) is 0 Å². The SMILES string of the molecule is CCCNCCCCS(=O)(=O)N(C)Cc1csc(C)n1. The molecule has 0 fully saturated rings. The Morgan fingerprint density at radius 1 is 1.35 bits per heavy atom. The molecule has 0 aliphatic rings. The third-order valence-corrected chi connectivity index (χ3v) is 5.66. The standard InChI is InChI=1S/C13H25N3O2S2/c1-4-7-14-8-5-6-9-20(17,18)16(3)10-13-11-19-12(2)15-13/h11,14H,4-10H2,1-3H3. The van der Waals surface area contributed by atoms with Crippen LogP contribution in [0.4, 0.5) is 0 Å². The van der Waals surface area contributed by atoms with Gasteiger partial charge in [-0.05, 0) is 39.3 Å². The Balaban J connectivity index is 2.32. The Labute approximate surface area is 126 Å². The van der Waals surface area contributed by atoms with Crippen LogP contribution in [0.1, 0.15) is 36.9 Å². The normalized spacial score (nSPS) is 12.2. The molecule has 0 aliphatic heterocycles. The Hall–Kier alpha value is -0.500. The molecule has 20 heavy (non-hydrogen) atoms. The first-order valence-electron chi connectivity index (χ1n) is 7.01. The number of thiazole rings is 1. The quantitative estimate of drug-likeness (QED) is 0.670. The van der Waals surface area contributed by atoms with Crippen LogP contribution in [0.25, 0.3) is 0 Å². The lowest BCUT2D eigenvalue weighted by Gasteiger charge is -2.16. The fourth-order valence-electron chi connectivity index (χ4n) is 1.80. The van der Waals surface area contributed by atoms with Gasteiger partial charge in [-0.1, -0.05) is 6.92 Å². The predicted octanol–water partition coefficient (Wildman–Crippen LogP) is 1.99. The number of aromatic nitrogens is 1. The van der Waals surface area contributed by atoms with E-state index in [2.05, 4.69) is 17.2 Å². The summed E-state index contributed by atoms with van der Waals surface area (Å²) in [4.78, 5) is 4.30. The van der Waals surface area contributed by atoms with Crippen molar-refractivity contribution in [2.24, 2.45) is 0 Å². The second kappa shape index (κ2) is 8.71. The zero-order valence-electron chi connectivity index (χ0n) is 12.6. The van der Waals surface area contributed by atoms with Crippen molar-refractivity contribution in [3.63, 3.8) is 0 Å². The molecule has 1 aromatic heterocycles. The van der Waals surface area contributed by atoms with Crippen LogP contribution in [0.5, 0.6) is 0 Å². The molecule has 0 radical (unpaired) electrons. The molecule has 0 saturated heterocycles. The first-order valence-corrected chi connectivity index (χ1v) is 9.50. The highest BCUT2D eigenvalue weighted by atomic mass is 32.2. The van der Waals surface area contributed by atoms with Gasteiger partial charge >= 0.3 is 0 Å². The van der Waals surface area contributed by atoms with Crippen molar-refractivity contribution in [1.82, 2.24) is 14.6 Å². The molecule has 116 valence electrons. The maximum atomic E-state index is 12.1. The van der Waals surface area contributed by atoms with Gasteiger partial charge in [-0.2, -0.15) is 4.31 Å². The molecule has 0 bridgehead atoms. The molecule has 0 unspecified atom stereocenters. The highest BCUT2D eigenvalue weighted by Gasteiger charge is 2.18. The second-order valence-corrected chi connectivity index (χ2v) is 8.14. The molecule has 0 aliphatic carbocycles. The van der Waals surface area contributed by atoms with Crippen LogP contribution in [0, 0.1) is 6.92 Å². The van der Waals surface area contributed by atoms with Crippen molar-refractivity contribution >= 4 is 21.4 Å². The lowest BCUT2D eigenvalue weighted by Crippen LogP contribution is -2.29. The smallest absolute Gasteiger partial charge is 0.214 e. The molecule has 0 aromatic carbocycles. The topological polar surface area (TPSA) is 62.3 Å². The summed E-state index contributed by atoms with van der Waals surface area (Å²) in [6, 6.07) is 0. The highest BCUT2D eigenvalue weighted by Crippen LogP contribution is 2.12. The Bertz CT molecular complexity index is 486. The van der Waals surface area contributed by atoms with E-state index in [4.69, 9.17) is 0 Å². The third-order valence-electron chi connectivity index (χ3n) is 2.96. The molecule has 0 spiro atoms. The summed E-state index contributed by atoms with van der Waals surface area (Å²) in [7, 11) is -1.55. The number of nitrogens with one attached hydrogen (secondary N) is 1. The first-order chi connectivity index (χ1) is 9.45. The number of nitrogens with zero attached hydrogens (tertiary/aromatic N) is 2. The molecule has 1 rings (SSSR count). The van der Waals surface area contributed by atoms with Crippen molar-refractivity contribution in [1.29, 1.82) is 0 Å². The van der Waals surface area contributed by atoms with E-state index in [9.17, 15) is 8.42 Å². The van der Waals surface area contributed by atoms with Gasteiger partial charge in [0.15, 0.2) is 0 Å². The molecule has 7 heteroatoms. The van der Waals surface area contributed by atoms with E-state index in [0.717, 1.165) is 36.6 Å². The Morgan fingerprint density at radius 2 is 2.10 bits per heavy atom. The molecule has 0 amide bonds. The summed E-state index contributed by atoms with van der Waals surface area (Å²) >= 11 is 1.55. The number of sulfonamides is 1. The highest BCUT2D eigenvalue weighted by molar-refractivity contribution is 7.89. The molecular formula is C13H25N3O2S2. The third kappa shape index (κ3) is 6.30. The van der Waals surface area contributed by atoms with Gasteiger partial charge in [-0.15, -0.1) is 11.3 Å². The van der Waals surface area contributed by atoms with E-state index in [1.165, 1.54) is 4.31 Å². The fourth-order valence-corrected chi connectivity index (χ4v) is 3.61. The fraction of sp³-hybridized carbons (Fsp3) is 0.769. The number of aryl methyl sites for hydroxylation is 1. The van der Waals surface area contributed by atoms with E-state index < -0.39 is 10.0 Å². The average molecular weight is 319 g/mol. The first kappa shape index (κ1) is 17.6. The van der Waals surface area contributed by atoms with Crippen LogP contribution in [0.15, 0.2) is 5.38 Å². The monoisotopic (exact) mass is 319 g/mol. The van der Waals surface area contributed by atoms with Crippen LogP contribution in [-0.2, 0) is 16.6 Å². The maximum Gasteiger partial charge on any atom is 0.214 e. The Morgan fingerprint density at radius 3 is 2.70 bits per heavy atom. The lowest BCUT2D eigenvalue weighted by molar-refractivity contribution is 0.460. The predicted molar refractivity (Wildman–Crippen MR) is 84.5 cm³/mol. The minimum Gasteiger partial charge on any atom is -0.317 e. The van der Waals surface area contributed by atoms with E-state index in [1.54, 1.807) is 18.4 Å². The molecule has 1 N–H and O–H groups in total. The molecule has 0 saturated carbocycles. The lowest BCUT2D eigenvalue weighted by atomic mass is 10.3. The largest absolute Gasteiger partial charge is 0.317 e. The van der Waals surface area contributed by atoms with Crippen LogP contribution in [0.2, 0.25) is 0 Å². The van der Waals surface area contributed by atoms with E-state index in [-0.39, 0.29) is 5.75 Å². The molecule has 1 heterocycles. The number of hydrogen-bond acceptors (Lipinski definition) is 5. The van der Waals surface area contributed by atoms with Crippen LogP contribution >= 0.6 is 11.3 Å². The van der Waals surface area contributed by atoms with E-state index >= 15 is 0 Å². The van der Waals surface area contributed by atoms with E-state index in [1.807, 2.05) is 12.3 Å². The summed E-state index contributed by atoms with van der Waals surface area (Å²) < 4.78 is 25.6. The minimum absolute atomic E-state index is 0.209. The summed E-state index contributed by atoms with van der Waals surface area (Å²) in [5.41, 5.74) is 0.822. The Kier molecular flexibility index (Phi) is 7.65. The average Bonchev–Trinajstić information content (AvgIpc) is 2.79. The summed E-state index contributed by atoms with van der Waals surface area (Å²) in [6.07, 6.45) is 2.69. The van der Waals surface area contributed by atoms with Crippen LogP contribution < -0.4 is 5.32 Å². The van der Waals surface area contributed by atoms with Crippen molar-refractivity contribution in [2.75, 3.05) is 25.9 Å².